The Bertz CT molecular complexity index is 1040. The summed E-state index contributed by atoms with van der Waals surface area (Å²) in [6.07, 6.45) is 4.87. The van der Waals surface area contributed by atoms with Gasteiger partial charge < -0.3 is 10.0 Å². The number of rotatable bonds is 4. The number of carbonyl (C=O) groups is 2. The second-order valence-corrected chi connectivity index (χ2v) is 8.11. The van der Waals surface area contributed by atoms with Gasteiger partial charge in [-0.2, -0.15) is 0 Å². The standard InChI is InChI=1S/C25H23F2NO3/c26-21-8-6-20(7-9-21)24(23(30)31)14-16-28(17-15-24)22(29)25(27)12-10-19(11-13-25)18-4-2-1-3-5-18/h1-12H,13-17H2,(H,30,31). The second-order valence-electron chi connectivity index (χ2n) is 8.11. The molecule has 2 aliphatic rings. The molecule has 6 heteroatoms. The summed E-state index contributed by atoms with van der Waals surface area (Å²) in [5.41, 5.74) is -1.04. The molecule has 1 saturated heterocycles. The van der Waals surface area contributed by atoms with E-state index >= 15 is 4.39 Å². The van der Waals surface area contributed by atoms with E-state index in [-0.39, 0.29) is 32.4 Å². The summed E-state index contributed by atoms with van der Waals surface area (Å²) in [4.78, 5) is 26.4. The molecule has 160 valence electrons. The number of allylic oxidation sites excluding steroid dienone is 3. The number of likely N-dealkylation sites (tertiary alicyclic amines) is 1. The number of hydrogen-bond acceptors (Lipinski definition) is 2. The number of carboxylic acids is 1. The second kappa shape index (κ2) is 8.10. The van der Waals surface area contributed by atoms with Crippen molar-refractivity contribution in [3.8, 4) is 0 Å². The van der Waals surface area contributed by atoms with Gasteiger partial charge in [0.05, 0.1) is 5.41 Å². The minimum atomic E-state index is -2.14. The summed E-state index contributed by atoms with van der Waals surface area (Å²) < 4.78 is 28.8. The highest BCUT2D eigenvalue weighted by atomic mass is 19.1. The molecule has 31 heavy (non-hydrogen) atoms. The third-order valence-corrected chi connectivity index (χ3v) is 6.32. The quantitative estimate of drug-likeness (QED) is 0.787. The van der Waals surface area contributed by atoms with E-state index in [1.807, 2.05) is 30.3 Å². The zero-order valence-electron chi connectivity index (χ0n) is 16.9. The summed E-state index contributed by atoms with van der Waals surface area (Å²) in [6, 6.07) is 15.0. The number of hydrogen-bond donors (Lipinski definition) is 1. The van der Waals surface area contributed by atoms with Gasteiger partial charge in [-0.1, -0.05) is 54.6 Å². The minimum Gasteiger partial charge on any atom is -0.481 e. The first-order chi connectivity index (χ1) is 14.8. The topological polar surface area (TPSA) is 57.6 Å². The maximum atomic E-state index is 15.5. The minimum absolute atomic E-state index is 0.0644. The van der Waals surface area contributed by atoms with Crippen LogP contribution < -0.4 is 0 Å². The van der Waals surface area contributed by atoms with Crippen LogP contribution in [0.4, 0.5) is 8.78 Å². The van der Waals surface area contributed by atoms with Crippen LogP contribution in [0.2, 0.25) is 0 Å². The molecule has 1 heterocycles. The fraction of sp³-hybridized carbons (Fsp3) is 0.280. The monoisotopic (exact) mass is 423 g/mol. The molecule has 0 saturated carbocycles. The number of carboxylic acid groups (broad SMARTS) is 1. The van der Waals surface area contributed by atoms with Crippen LogP contribution in [0, 0.1) is 5.82 Å². The molecule has 0 radical (unpaired) electrons. The van der Waals surface area contributed by atoms with Crippen LogP contribution in [0.25, 0.3) is 5.57 Å². The Morgan fingerprint density at radius 2 is 1.61 bits per heavy atom. The number of alkyl halides is 1. The van der Waals surface area contributed by atoms with E-state index in [2.05, 4.69) is 0 Å². The average molecular weight is 423 g/mol. The van der Waals surface area contributed by atoms with E-state index in [1.54, 1.807) is 12.2 Å². The van der Waals surface area contributed by atoms with Crippen molar-refractivity contribution < 1.29 is 23.5 Å². The van der Waals surface area contributed by atoms with Crippen LogP contribution in [0.5, 0.6) is 0 Å². The van der Waals surface area contributed by atoms with E-state index in [0.717, 1.165) is 11.1 Å². The maximum Gasteiger partial charge on any atom is 0.314 e. The molecule has 0 spiro atoms. The van der Waals surface area contributed by atoms with Gasteiger partial charge in [0.25, 0.3) is 5.91 Å². The molecule has 1 aliphatic carbocycles. The smallest absolute Gasteiger partial charge is 0.314 e. The number of benzene rings is 2. The van der Waals surface area contributed by atoms with Gasteiger partial charge >= 0.3 is 5.97 Å². The first-order valence-electron chi connectivity index (χ1n) is 10.3. The van der Waals surface area contributed by atoms with E-state index in [9.17, 15) is 19.1 Å². The fourth-order valence-electron chi connectivity index (χ4n) is 4.37. The molecule has 1 unspecified atom stereocenters. The van der Waals surface area contributed by atoms with Crippen LogP contribution in [0.1, 0.15) is 30.4 Å². The Labute approximate surface area is 179 Å². The van der Waals surface area contributed by atoms with E-state index in [0.29, 0.717) is 5.56 Å². The van der Waals surface area contributed by atoms with Crippen molar-refractivity contribution in [2.75, 3.05) is 13.1 Å². The van der Waals surface area contributed by atoms with Gasteiger partial charge in [-0.05, 0) is 47.8 Å². The first-order valence-corrected chi connectivity index (χ1v) is 10.3. The van der Waals surface area contributed by atoms with E-state index < -0.39 is 28.8 Å². The van der Waals surface area contributed by atoms with Crippen molar-refractivity contribution in [1.29, 1.82) is 0 Å². The lowest BCUT2D eigenvalue weighted by Crippen LogP contribution is -2.53. The number of nitrogens with zero attached hydrogens (tertiary/aromatic N) is 1. The molecule has 1 amide bonds. The van der Waals surface area contributed by atoms with E-state index in [4.69, 9.17) is 0 Å². The molecule has 1 aliphatic heterocycles. The van der Waals surface area contributed by atoms with Crippen molar-refractivity contribution in [2.45, 2.75) is 30.3 Å². The Morgan fingerprint density at radius 1 is 0.968 bits per heavy atom. The third kappa shape index (κ3) is 3.90. The van der Waals surface area contributed by atoms with Gasteiger partial charge in [-0.3, -0.25) is 9.59 Å². The highest BCUT2D eigenvalue weighted by molar-refractivity contribution is 5.91. The molecule has 2 aromatic carbocycles. The third-order valence-electron chi connectivity index (χ3n) is 6.32. The predicted octanol–water partition coefficient (Wildman–Crippen LogP) is 4.52. The van der Waals surface area contributed by atoms with Gasteiger partial charge in [-0.15, -0.1) is 0 Å². The SMILES string of the molecule is O=C(N1CCC(C(=O)O)(c2ccc(F)cc2)CC1)C1(F)C=CC(c2ccccc2)=CC1. The molecule has 2 aromatic rings. The molecular weight excluding hydrogens is 400 g/mol. The van der Waals surface area contributed by atoms with Gasteiger partial charge in [0.15, 0.2) is 0 Å². The lowest BCUT2D eigenvalue weighted by molar-refractivity contribution is -0.151. The number of aliphatic carboxylic acids is 1. The number of halogens is 2. The lowest BCUT2D eigenvalue weighted by Gasteiger charge is -2.41. The fourth-order valence-corrected chi connectivity index (χ4v) is 4.37. The normalized spacial score (nSPS) is 22.6. The number of amides is 1. The Balaban J connectivity index is 1.47. The Hall–Kier alpha value is -3.28. The maximum absolute atomic E-state index is 15.5. The molecular formula is C25H23F2NO3. The summed E-state index contributed by atoms with van der Waals surface area (Å²) in [5, 5.41) is 9.88. The zero-order valence-corrected chi connectivity index (χ0v) is 16.9. The molecule has 1 atom stereocenters. The van der Waals surface area contributed by atoms with Gasteiger partial charge in [0.1, 0.15) is 5.82 Å². The molecule has 1 N–H and O–H groups in total. The van der Waals surface area contributed by atoms with Crippen LogP contribution in [0.3, 0.4) is 0 Å². The summed E-state index contributed by atoms with van der Waals surface area (Å²) >= 11 is 0. The summed E-state index contributed by atoms with van der Waals surface area (Å²) in [5.74, 6) is -2.11. The van der Waals surface area contributed by atoms with Crippen molar-refractivity contribution in [3.63, 3.8) is 0 Å². The lowest BCUT2D eigenvalue weighted by atomic mass is 9.72. The average Bonchev–Trinajstić information content (AvgIpc) is 2.80. The van der Waals surface area contributed by atoms with Gasteiger partial charge in [0.2, 0.25) is 5.67 Å². The molecule has 1 fully saturated rings. The first kappa shape index (κ1) is 21.0. The van der Waals surface area contributed by atoms with Crippen molar-refractivity contribution in [1.82, 2.24) is 4.90 Å². The van der Waals surface area contributed by atoms with Crippen LogP contribution in [0.15, 0.2) is 72.8 Å². The van der Waals surface area contributed by atoms with Crippen LogP contribution >= 0.6 is 0 Å². The molecule has 4 nitrogen and oxygen atoms in total. The van der Waals surface area contributed by atoms with Crippen molar-refractivity contribution in [2.24, 2.45) is 0 Å². The van der Waals surface area contributed by atoms with Gasteiger partial charge in [0, 0.05) is 19.5 Å². The van der Waals surface area contributed by atoms with Crippen LogP contribution in [-0.2, 0) is 15.0 Å². The van der Waals surface area contributed by atoms with Crippen LogP contribution in [-0.4, -0.2) is 40.6 Å². The summed E-state index contributed by atoms with van der Waals surface area (Å²) in [6.45, 7) is 0.245. The molecule has 0 aromatic heterocycles. The Morgan fingerprint density at radius 3 is 2.16 bits per heavy atom. The van der Waals surface area contributed by atoms with Crippen molar-refractivity contribution >= 4 is 17.4 Å². The van der Waals surface area contributed by atoms with E-state index in [1.165, 1.54) is 35.2 Å². The van der Waals surface area contributed by atoms with Gasteiger partial charge in [-0.25, -0.2) is 8.78 Å². The largest absolute Gasteiger partial charge is 0.481 e. The zero-order chi connectivity index (χ0) is 22.1. The Kier molecular flexibility index (Phi) is 5.48. The summed E-state index contributed by atoms with van der Waals surface area (Å²) in [7, 11) is 0. The molecule has 0 bridgehead atoms. The number of piperidine rings is 1. The number of carbonyl (C=O) groups excluding carboxylic acids is 1. The highest BCUT2D eigenvalue weighted by Crippen LogP contribution is 2.38. The molecule has 4 rings (SSSR count). The highest BCUT2D eigenvalue weighted by Gasteiger charge is 2.47. The van der Waals surface area contributed by atoms with Crippen molar-refractivity contribution in [3.05, 3.63) is 89.8 Å². The predicted molar refractivity (Wildman–Crippen MR) is 114 cm³/mol.